The van der Waals surface area contributed by atoms with Crippen LogP contribution in [0.3, 0.4) is 0 Å². The van der Waals surface area contributed by atoms with Crippen LogP contribution in [0.15, 0.2) is 24.3 Å². The molecule has 0 aliphatic carbocycles. The van der Waals surface area contributed by atoms with Gasteiger partial charge in [-0.15, -0.1) is 0 Å². The standard InChI is InChI=1S/C21H30N2O3/c1-2-22-19(24)15-9-7-5-3-4-6-8-12-16-23-20(25)17-13-10-11-14-18(17)21(23)26/h10-11,13-14H,2-9,12,15-16H2,1H3,(H,22,24). The lowest BCUT2D eigenvalue weighted by Crippen LogP contribution is -2.30. The molecule has 1 aromatic carbocycles. The summed E-state index contributed by atoms with van der Waals surface area (Å²) in [4.78, 5) is 37.2. The van der Waals surface area contributed by atoms with E-state index in [4.69, 9.17) is 0 Å². The Kier molecular flexibility index (Phi) is 8.32. The van der Waals surface area contributed by atoms with Crippen LogP contribution in [0.4, 0.5) is 0 Å². The van der Waals surface area contributed by atoms with E-state index in [1.54, 1.807) is 24.3 Å². The van der Waals surface area contributed by atoms with Gasteiger partial charge in [0.15, 0.2) is 0 Å². The van der Waals surface area contributed by atoms with Gasteiger partial charge < -0.3 is 5.32 Å². The summed E-state index contributed by atoms with van der Waals surface area (Å²) in [7, 11) is 0. The van der Waals surface area contributed by atoms with Crippen molar-refractivity contribution in [2.45, 2.75) is 64.7 Å². The first kappa shape index (κ1) is 20.1. The highest BCUT2D eigenvalue weighted by molar-refractivity contribution is 6.21. The third-order valence-corrected chi connectivity index (χ3v) is 4.79. The summed E-state index contributed by atoms with van der Waals surface area (Å²) in [6.07, 6.45) is 9.24. The van der Waals surface area contributed by atoms with Crippen LogP contribution in [-0.2, 0) is 4.79 Å². The SMILES string of the molecule is CCNC(=O)CCCCCCCCCCN1C(=O)c2ccccc2C1=O. The maximum absolute atomic E-state index is 12.2. The fourth-order valence-corrected chi connectivity index (χ4v) is 3.34. The van der Waals surface area contributed by atoms with Gasteiger partial charge in [-0.05, 0) is 31.9 Å². The smallest absolute Gasteiger partial charge is 0.261 e. The van der Waals surface area contributed by atoms with Gasteiger partial charge in [-0.1, -0.05) is 50.7 Å². The molecule has 0 bridgehead atoms. The molecule has 26 heavy (non-hydrogen) atoms. The average Bonchev–Trinajstić information content (AvgIpc) is 2.88. The molecule has 1 aromatic rings. The molecule has 0 unspecified atom stereocenters. The molecule has 1 aliphatic rings. The van der Waals surface area contributed by atoms with Crippen LogP contribution in [0.1, 0.15) is 85.4 Å². The summed E-state index contributed by atoms with van der Waals surface area (Å²) in [5, 5.41) is 2.82. The van der Waals surface area contributed by atoms with Crippen molar-refractivity contribution in [1.29, 1.82) is 0 Å². The van der Waals surface area contributed by atoms with E-state index in [0.29, 0.717) is 30.6 Å². The lowest BCUT2D eigenvalue weighted by Gasteiger charge is -2.13. The van der Waals surface area contributed by atoms with Crippen LogP contribution in [0.5, 0.6) is 0 Å². The summed E-state index contributed by atoms with van der Waals surface area (Å²) in [6, 6.07) is 7.04. The van der Waals surface area contributed by atoms with Crippen LogP contribution in [0.2, 0.25) is 0 Å². The molecule has 1 N–H and O–H groups in total. The molecule has 142 valence electrons. The minimum atomic E-state index is -0.155. The van der Waals surface area contributed by atoms with Gasteiger partial charge in [0, 0.05) is 19.5 Å². The number of unbranched alkanes of at least 4 members (excludes halogenated alkanes) is 7. The molecule has 0 atom stereocenters. The maximum Gasteiger partial charge on any atom is 0.261 e. The fourth-order valence-electron chi connectivity index (χ4n) is 3.34. The van der Waals surface area contributed by atoms with Gasteiger partial charge in [-0.3, -0.25) is 19.3 Å². The Hall–Kier alpha value is -2.17. The molecule has 0 radical (unpaired) electrons. The second-order valence-corrected chi connectivity index (χ2v) is 6.84. The Balaban J connectivity index is 1.50. The van der Waals surface area contributed by atoms with Crippen molar-refractivity contribution in [2.24, 2.45) is 0 Å². The van der Waals surface area contributed by atoms with E-state index in [1.165, 1.54) is 17.7 Å². The van der Waals surface area contributed by atoms with E-state index >= 15 is 0 Å². The topological polar surface area (TPSA) is 66.5 Å². The van der Waals surface area contributed by atoms with Gasteiger partial charge in [0.25, 0.3) is 11.8 Å². The first-order valence-corrected chi connectivity index (χ1v) is 9.87. The van der Waals surface area contributed by atoms with Gasteiger partial charge in [0.1, 0.15) is 0 Å². The van der Waals surface area contributed by atoms with Gasteiger partial charge in [-0.25, -0.2) is 0 Å². The molecule has 0 spiro atoms. The second-order valence-electron chi connectivity index (χ2n) is 6.84. The minimum absolute atomic E-state index is 0.153. The van der Waals surface area contributed by atoms with Crippen LogP contribution < -0.4 is 5.32 Å². The van der Waals surface area contributed by atoms with Crippen LogP contribution in [-0.4, -0.2) is 35.7 Å². The zero-order chi connectivity index (χ0) is 18.8. The average molecular weight is 358 g/mol. The molecule has 3 amide bonds. The van der Waals surface area contributed by atoms with Crippen molar-refractivity contribution >= 4 is 17.7 Å². The number of amides is 3. The molecule has 0 saturated heterocycles. The lowest BCUT2D eigenvalue weighted by molar-refractivity contribution is -0.121. The number of carbonyl (C=O) groups is 3. The maximum atomic E-state index is 12.2. The lowest BCUT2D eigenvalue weighted by atomic mass is 10.1. The first-order chi connectivity index (χ1) is 12.6. The van der Waals surface area contributed by atoms with E-state index in [0.717, 1.165) is 38.5 Å². The highest BCUT2D eigenvalue weighted by atomic mass is 16.2. The number of nitrogens with zero attached hydrogens (tertiary/aromatic N) is 1. The van der Waals surface area contributed by atoms with Gasteiger partial charge in [0.2, 0.25) is 5.91 Å². The van der Waals surface area contributed by atoms with Crippen molar-refractivity contribution in [3.63, 3.8) is 0 Å². The number of fused-ring (bicyclic) bond motifs is 1. The fraction of sp³-hybridized carbons (Fsp3) is 0.571. The van der Waals surface area contributed by atoms with E-state index in [1.807, 2.05) is 6.92 Å². The molecular weight excluding hydrogens is 328 g/mol. The molecule has 5 nitrogen and oxygen atoms in total. The predicted octanol–water partition coefficient (Wildman–Crippen LogP) is 3.93. The molecule has 5 heteroatoms. The molecule has 0 fully saturated rings. The normalized spacial score (nSPS) is 13.2. The largest absolute Gasteiger partial charge is 0.356 e. The zero-order valence-corrected chi connectivity index (χ0v) is 15.8. The predicted molar refractivity (Wildman–Crippen MR) is 102 cm³/mol. The third kappa shape index (κ3) is 5.68. The Morgan fingerprint density at radius 3 is 1.88 bits per heavy atom. The van der Waals surface area contributed by atoms with Crippen LogP contribution in [0.25, 0.3) is 0 Å². The number of rotatable bonds is 12. The van der Waals surface area contributed by atoms with Crippen LogP contribution >= 0.6 is 0 Å². The van der Waals surface area contributed by atoms with Crippen molar-refractivity contribution in [3.05, 3.63) is 35.4 Å². The zero-order valence-electron chi connectivity index (χ0n) is 15.8. The third-order valence-electron chi connectivity index (χ3n) is 4.79. The van der Waals surface area contributed by atoms with Crippen molar-refractivity contribution < 1.29 is 14.4 Å². The van der Waals surface area contributed by atoms with E-state index in [-0.39, 0.29) is 17.7 Å². The van der Waals surface area contributed by atoms with Gasteiger partial charge >= 0.3 is 0 Å². The quantitative estimate of drug-likeness (QED) is 0.455. The summed E-state index contributed by atoms with van der Waals surface area (Å²) in [5.74, 6) is -0.156. The van der Waals surface area contributed by atoms with Gasteiger partial charge in [0.05, 0.1) is 11.1 Å². The van der Waals surface area contributed by atoms with Crippen molar-refractivity contribution in [3.8, 4) is 0 Å². The summed E-state index contributed by atoms with van der Waals surface area (Å²) in [5.41, 5.74) is 1.07. The number of benzene rings is 1. The van der Waals surface area contributed by atoms with E-state index < -0.39 is 0 Å². The highest BCUT2D eigenvalue weighted by Crippen LogP contribution is 2.23. The first-order valence-electron chi connectivity index (χ1n) is 9.87. The number of hydrogen-bond donors (Lipinski definition) is 1. The molecule has 1 aliphatic heterocycles. The summed E-state index contributed by atoms with van der Waals surface area (Å²) >= 11 is 0. The van der Waals surface area contributed by atoms with Crippen molar-refractivity contribution in [1.82, 2.24) is 10.2 Å². The Morgan fingerprint density at radius 1 is 0.846 bits per heavy atom. The summed E-state index contributed by atoms with van der Waals surface area (Å²) in [6.45, 7) is 3.16. The molecule has 2 rings (SSSR count). The number of nitrogens with one attached hydrogen (secondary N) is 1. The summed E-state index contributed by atoms with van der Waals surface area (Å²) < 4.78 is 0. The van der Waals surface area contributed by atoms with Crippen LogP contribution in [0, 0.1) is 0 Å². The molecular formula is C21H30N2O3. The molecule has 1 heterocycles. The molecule has 0 aromatic heterocycles. The minimum Gasteiger partial charge on any atom is -0.356 e. The Bertz CT molecular complexity index is 592. The van der Waals surface area contributed by atoms with Crippen molar-refractivity contribution in [2.75, 3.05) is 13.1 Å². The number of carbonyl (C=O) groups excluding carboxylic acids is 3. The Morgan fingerprint density at radius 2 is 1.35 bits per heavy atom. The molecule has 0 saturated carbocycles. The monoisotopic (exact) mass is 358 g/mol. The Labute approximate surface area is 156 Å². The number of imide groups is 1. The number of hydrogen-bond acceptors (Lipinski definition) is 3. The highest BCUT2D eigenvalue weighted by Gasteiger charge is 2.34. The second kappa shape index (κ2) is 10.7. The van der Waals surface area contributed by atoms with E-state index in [2.05, 4.69) is 5.32 Å². The van der Waals surface area contributed by atoms with Gasteiger partial charge in [-0.2, -0.15) is 0 Å². The van der Waals surface area contributed by atoms with E-state index in [9.17, 15) is 14.4 Å².